The van der Waals surface area contributed by atoms with Gasteiger partial charge in [-0.25, -0.2) is 0 Å². The SMILES string of the molecule is CCc1cc(C)c2c(c1)C1CNCC1N(Cc1ccc(C#N)cc1)C2=O. The lowest BCUT2D eigenvalue weighted by Gasteiger charge is -2.39. The standard InChI is InChI=1S/C22H23N3O/c1-3-15-8-14(2)21-18(9-15)19-11-24-12-20(19)25(22(21)26)13-17-6-4-16(10-23)5-7-17/h4-9,19-20,24H,3,11-13H2,1-2H3. The Bertz CT molecular complexity index is 895. The van der Waals surface area contributed by atoms with Crippen LogP contribution in [0.1, 0.15) is 51.0 Å². The van der Waals surface area contributed by atoms with Crippen LogP contribution in [0.2, 0.25) is 0 Å². The average molecular weight is 345 g/mol. The number of aryl methyl sites for hydroxylation is 2. The zero-order valence-corrected chi connectivity index (χ0v) is 15.2. The molecule has 2 aliphatic heterocycles. The molecule has 1 saturated heterocycles. The van der Waals surface area contributed by atoms with Crippen LogP contribution in [-0.2, 0) is 13.0 Å². The first-order chi connectivity index (χ1) is 12.6. The predicted molar refractivity (Wildman–Crippen MR) is 101 cm³/mol. The maximum absolute atomic E-state index is 13.4. The molecule has 0 aromatic heterocycles. The number of nitrogens with one attached hydrogen (secondary N) is 1. The number of carbonyl (C=O) groups is 1. The molecule has 4 heteroatoms. The van der Waals surface area contributed by atoms with Crippen molar-refractivity contribution in [3.8, 4) is 6.07 Å². The molecular weight excluding hydrogens is 322 g/mol. The molecule has 0 spiro atoms. The third-order valence-corrected chi connectivity index (χ3v) is 5.73. The number of hydrogen-bond acceptors (Lipinski definition) is 3. The van der Waals surface area contributed by atoms with E-state index < -0.39 is 0 Å². The molecule has 132 valence electrons. The van der Waals surface area contributed by atoms with Crippen LogP contribution in [0.5, 0.6) is 0 Å². The van der Waals surface area contributed by atoms with Gasteiger partial charge in [0.15, 0.2) is 0 Å². The fraction of sp³-hybridized carbons (Fsp3) is 0.364. The van der Waals surface area contributed by atoms with Gasteiger partial charge in [-0.3, -0.25) is 4.79 Å². The number of amides is 1. The molecule has 0 bridgehead atoms. The van der Waals surface area contributed by atoms with E-state index >= 15 is 0 Å². The quantitative estimate of drug-likeness (QED) is 0.930. The lowest BCUT2D eigenvalue weighted by atomic mass is 9.81. The normalized spacial score (nSPS) is 21.3. The van der Waals surface area contributed by atoms with Gasteiger partial charge in [-0.1, -0.05) is 31.2 Å². The number of benzene rings is 2. The van der Waals surface area contributed by atoms with E-state index in [9.17, 15) is 4.79 Å². The molecule has 4 nitrogen and oxygen atoms in total. The minimum atomic E-state index is 0.134. The van der Waals surface area contributed by atoms with Crippen molar-refractivity contribution in [2.75, 3.05) is 13.1 Å². The fourth-order valence-electron chi connectivity index (χ4n) is 4.35. The Hall–Kier alpha value is -2.64. The van der Waals surface area contributed by atoms with Gasteiger partial charge in [0.25, 0.3) is 5.91 Å². The Balaban J connectivity index is 1.73. The average Bonchev–Trinajstić information content (AvgIpc) is 3.15. The van der Waals surface area contributed by atoms with Crippen molar-refractivity contribution in [2.45, 2.75) is 38.8 Å². The summed E-state index contributed by atoms with van der Waals surface area (Å²) in [5, 5.41) is 12.5. The third-order valence-electron chi connectivity index (χ3n) is 5.73. The van der Waals surface area contributed by atoms with Gasteiger partial charge in [-0.05, 0) is 47.7 Å². The summed E-state index contributed by atoms with van der Waals surface area (Å²) in [7, 11) is 0. The summed E-state index contributed by atoms with van der Waals surface area (Å²) >= 11 is 0. The number of rotatable bonds is 3. The number of fused-ring (bicyclic) bond motifs is 3. The molecule has 2 unspecified atom stereocenters. The van der Waals surface area contributed by atoms with Crippen LogP contribution >= 0.6 is 0 Å². The van der Waals surface area contributed by atoms with Crippen LogP contribution in [0, 0.1) is 18.3 Å². The van der Waals surface area contributed by atoms with E-state index in [0.29, 0.717) is 18.0 Å². The van der Waals surface area contributed by atoms with Gasteiger partial charge in [0.1, 0.15) is 0 Å². The Labute approximate surface area is 154 Å². The number of nitrogens with zero attached hydrogens (tertiary/aromatic N) is 2. The highest BCUT2D eigenvalue weighted by Crippen LogP contribution is 2.38. The predicted octanol–water partition coefficient (Wildman–Crippen LogP) is 3.14. The second kappa shape index (κ2) is 6.59. The molecule has 4 rings (SSSR count). The Morgan fingerprint density at radius 3 is 2.65 bits per heavy atom. The van der Waals surface area contributed by atoms with Crippen molar-refractivity contribution in [3.63, 3.8) is 0 Å². The molecule has 1 amide bonds. The highest BCUT2D eigenvalue weighted by atomic mass is 16.2. The van der Waals surface area contributed by atoms with E-state index in [1.54, 1.807) is 0 Å². The summed E-state index contributed by atoms with van der Waals surface area (Å²) in [6.45, 7) is 6.55. The summed E-state index contributed by atoms with van der Waals surface area (Å²) in [6.07, 6.45) is 0.988. The van der Waals surface area contributed by atoms with Crippen LogP contribution in [-0.4, -0.2) is 29.9 Å². The molecule has 2 aliphatic rings. The van der Waals surface area contributed by atoms with E-state index in [0.717, 1.165) is 36.2 Å². The van der Waals surface area contributed by atoms with Crippen LogP contribution in [0.15, 0.2) is 36.4 Å². The fourth-order valence-corrected chi connectivity index (χ4v) is 4.35. The van der Waals surface area contributed by atoms with E-state index in [4.69, 9.17) is 5.26 Å². The molecule has 0 saturated carbocycles. The molecule has 2 heterocycles. The lowest BCUT2D eigenvalue weighted by Crippen LogP contribution is -2.48. The molecule has 1 N–H and O–H groups in total. The molecule has 2 atom stereocenters. The second-order valence-electron chi connectivity index (χ2n) is 7.30. The summed E-state index contributed by atoms with van der Waals surface area (Å²) in [6, 6.07) is 14.3. The summed E-state index contributed by atoms with van der Waals surface area (Å²) in [4.78, 5) is 15.4. The Kier molecular flexibility index (Phi) is 4.26. The van der Waals surface area contributed by atoms with Gasteiger partial charge in [-0.2, -0.15) is 5.26 Å². The lowest BCUT2D eigenvalue weighted by molar-refractivity contribution is 0.0629. The van der Waals surface area contributed by atoms with Crippen molar-refractivity contribution in [3.05, 3.63) is 69.8 Å². The van der Waals surface area contributed by atoms with Crippen molar-refractivity contribution < 1.29 is 4.79 Å². The van der Waals surface area contributed by atoms with E-state index in [2.05, 4.69) is 37.4 Å². The molecular formula is C22H23N3O. The number of carbonyl (C=O) groups excluding carboxylic acids is 1. The van der Waals surface area contributed by atoms with Gasteiger partial charge in [0.2, 0.25) is 0 Å². The topological polar surface area (TPSA) is 56.1 Å². The summed E-state index contributed by atoms with van der Waals surface area (Å²) < 4.78 is 0. The highest BCUT2D eigenvalue weighted by Gasteiger charge is 2.43. The first-order valence-corrected chi connectivity index (χ1v) is 9.26. The van der Waals surface area contributed by atoms with Crippen molar-refractivity contribution in [1.29, 1.82) is 5.26 Å². The minimum Gasteiger partial charge on any atom is -0.329 e. The first kappa shape index (κ1) is 16.8. The van der Waals surface area contributed by atoms with Crippen LogP contribution in [0.25, 0.3) is 0 Å². The summed E-state index contributed by atoms with van der Waals surface area (Å²) in [5.41, 5.74) is 6.21. The molecule has 0 aliphatic carbocycles. The minimum absolute atomic E-state index is 0.134. The highest BCUT2D eigenvalue weighted by molar-refractivity contribution is 5.99. The molecule has 1 fully saturated rings. The maximum atomic E-state index is 13.4. The Morgan fingerprint density at radius 1 is 1.19 bits per heavy atom. The zero-order valence-electron chi connectivity index (χ0n) is 15.2. The number of nitriles is 1. The monoisotopic (exact) mass is 345 g/mol. The maximum Gasteiger partial charge on any atom is 0.255 e. The first-order valence-electron chi connectivity index (χ1n) is 9.26. The molecule has 26 heavy (non-hydrogen) atoms. The van der Waals surface area contributed by atoms with Gasteiger partial charge in [-0.15, -0.1) is 0 Å². The smallest absolute Gasteiger partial charge is 0.255 e. The Morgan fingerprint density at radius 2 is 1.96 bits per heavy atom. The largest absolute Gasteiger partial charge is 0.329 e. The van der Waals surface area contributed by atoms with Crippen LogP contribution in [0.4, 0.5) is 0 Å². The van der Waals surface area contributed by atoms with E-state index in [1.165, 1.54) is 11.1 Å². The molecule has 2 aromatic carbocycles. The van der Waals surface area contributed by atoms with E-state index in [1.807, 2.05) is 29.2 Å². The third kappa shape index (κ3) is 2.69. The molecule has 2 aromatic rings. The van der Waals surface area contributed by atoms with Crippen molar-refractivity contribution in [1.82, 2.24) is 10.2 Å². The van der Waals surface area contributed by atoms with Gasteiger partial charge < -0.3 is 10.2 Å². The number of hydrogen-bond donors (Lipinski definition) is 1. The zero-order chi connectivity index (χ0) is 18.3. The van der Waals surface area contributed by atoms with Crippen LogP contribution in [0.3, 0.4) is 0 Å². The van der Waals surface area contributed by atoms with Crippen molar-refractivity contribution in [2.24, 2.45) is 0 Å². The van der Waals surface area contributed by atoms with Gasteiger partial charge >= 0.3 is 0 Å². The molecule has 0 radical (unpaired) electrons. The summed E-state index contributed by atoms with van der Waals surface area (Å²) in [5.74, 6) is 0.487. The van der Waals surface area contributed by atoms with E-state index in [-0.39, 0.29) is 11.9 Å². The van der Waals surface area contributed by atoms with Gasteiger partial charge in [0.05, 0.1) is 17.7 Å². The van der Waals surface area contributed by atoms with Crippen LogP contribution < -0.4 is 5.32 Å². The van der Waals surface area contributed by atoms with Crippen molar-refractivity contribution >= 4 is 5.91 Å². The second-order valence-corrected chi connectivity index (χ2v) is 7.30. The van der Waals surface area contributed by atoms with Gasteiger partial charge in [0, 0.05) is 31.1 Å².